The number of nitrogens with zero attached hydrogens (tertiary/aromatic N) is 1. The van der Waals surface area contributed by atoms with Gasteiger partial charge in [0.25, 0.3) is 0 Å². The van der Waals surface area contributed by atoms with Crippen molar-refractivity contribution in [3.63, 3.8) is 0 Å². The first-order valence-electron chi connectivity index (χ1n) is 6.47. The van der Waals surface area contributed by atoms with Crippen LogP contribution in [-0.4, -0.2) is 12.8 Å². The van der Waals surface area contributed by atoms with Gasteiger partial charge >= 0.3 is 0 Å². The summed E-state index contributed by atoms with van der Waals surface area (Å²) < 4.78 is 26.0. The van der Waals surface area contributed by atoms with Gasteiger partial charge in [0.15, 0.2) is 0 Å². The molecule has 0 radical (unpaired) electrons. The average Bonchev–Trinajstić information content (AvgIpc) is 2.51. The molecule has 3 heteroatoms. The Balaban J connectivity index is 2.39. The Labute approximate surface area is 123 Å². The second-order valence-electron chi connectivity index (χ2n) is 4.43. The molecule has 0 aromatic heterocycles. The summed E-state index contributed by atoms with van der Waals surface area (Å²) in [5, 5.41) is 0. The topological polar surface area (TPSA) is 12.4 Å². The molecule has 0 fully saturated rings. The molecule has 0 saturated heterocycles. The lowest BCUT2D eigenvalue weighted by molar-refractivity contribution is 0.627. The van der Waals surface area contributed by atoms with Crippen LogP contribution in [0.3, 0.4) is 0 Å². The van der Waals surface area contributed by atoms with Crippen molar-refractivity contribution >= 4 is 11.3 Å². The first kappa shape index (κ1) is 14.9. The van der Waals surface area contributed by atoms with E-state index in [0.29, 0.717) is 5.71 Å². The molecular weight excluding hydrogens is 268 g/mol. The highest BCUT2D eigenvalue weighted by Crippen LogP contribution is 2.18. The quantitative estimate of drug-likeness (QED) is 0.572. The van der Waals surface area contributed by atoms with E-state index in [1.165, 1.54) is 24.3 Å². The van der Waals surface area contributed by atoms with Gasteiger partial charge in [-0.3, -0.25) is 4.99 Å². The summed E-state index contributed by atoms with van der Waals surface area (Å²) in [4.78, 5) is 4.21. The first-order chi connectivity index (χ1) is 10.1. The summed E-state index contributed by atoms with van der Waals surface area (Å²) >= 11 is 0. The summed E-state index contributed by atoms with van der Waals surface area (Å²) in [6.07, 6.45) is 3.52. The van der Waals surface area contributed by atoms with E-state index >= 15 is 0 Å². The second-order valence-corrected chi connectivity index (χ2v) is 4.43. The van der Waals surface area contributed by atoms with Crippen LogP contribution in [0.1, 0.15) is 11.1 Å². The Kier molecular flexibility index (Phi) is 4.77. The van der Waals surface area contributed by atoms with Gasteiger partial charge in [-0.05, 0) is 59.2 Å². The first-order valence-corrected chi connectivity index (χ1v) is 6.47. The molecule has 106 valence electrons. The van der Waals surface area contributed by atoms with Gasteiger partial charge in [-0.15, -0.1) is 0 Å². The smallest absolute Gasteiger partial charge is 0.123 e. The zero-order valence-electron chi connectivity index (χ0n) is 11.7. The summed E-state index contributed by atoms with van der Waals surface area (Å²) in [7, 11) is 1.67. The Morgan fingerprint density at radius 3 is 1.81 bits per heavy atom. The van der Waals surface area contributed by atoms with Crippen LogP contribution in [0.5, 0.6) is 0 Å². The van der Waals surface area contributed by atoms with Crippen LogP contribution in [-0.2, 0) is 0 Å². The number of aliphatic imine (C=N–C) groups is 1. The van der Waals surface area contributed by atoms with Crippen molar-refractivity contribution in [3.05, 3.63) is 90.0 Å². The molecule has 0 amide bonds. The van der Waals surface area contributed by atoms with Gasteiger partial charge in [-0.1, -0.05) is 24.8 Å². The lowest BCUT2D eigenvalue weighted by atomic mass is 10.0. The third kappa shape index (κ3) is 3.72. The van der Waals surface area contributed by atoms with E-state index in [-0.39, 0.29) is 11.6 Å². The maximum atomic E-state index is 13.0. The predicted molar refractivity (Wildman–Crippen MR) is 83.4 cm³/mol. The standard InChI is InChI=1S/C18H15F2N/c1-3-13(14-4-8-16(19)9-5-14)12-18(21-2)15-6-10-17(20)11-7-15/h3-12H,1H2,2H3/b13-12+,21-18?. The highest BCUT2D eigenvalue weighted by molar-refractivity contribution is 6.13. The van der Waals surface area contributed by atoms with Gasteiger partial charge in [0.2, 0.25) is 0 Å². The van der Waals surface area contributed by atoms with Crippen molar-refractivity contribution in [2.45, 2.75) is 0 Å². The monoisotopic (exact) mass is 283 g/mol. The Bertz CT molecular complexity index is 680. The van der Waals surface area contributed by atoms with Crippen molar-refractivity contribution in [1.29, 1.82) is 0 Å². The van der Waals surface area contributed by atoms with E-state index < -0.39 is 0 Å². The molecule has 0 aliphatic heterocycles. The van der Waals surface area contributed by atoms with Crippen molar-refractivity contribution < 1.29 is 8.78 Å². The fraction of sp³-hybridized carbons (Fsp3) is 0.0556. The molecule has 0 aliphatic rings. The molecule has 0 bridgehead atoms. The fourth-order valence-electron chi connectivity index (χ4n) is 1.95. The van der Waals surface area contributed by atoms with Crippen molar-refractivity contribution in [2.24, 2.45) is 4.99 Å². The van der Waals surface area contributed by atoms with E-state index in [2.05, 4.69) is 11.6 Å². The van der Waals surface area contributed by atoms with Crippen LogP contribution in [0.15, 0.2) is 72.3 Å². The molecule has 0 spiro atoms. The molecule has 0 aliphatic carbocycles. The van der Waals surface area contributed by atoms with Crippen LogP contribution in [0, 0.1) is 11.6 Å². The second kappa shape index (κ2) is 6.75. The normalized spacial score (nSPS) is 12.3. The minimum absolute atomic E-state index is 0.287. The van der Waals surface area contributed by atoms with Crippen molar-refractivity contribution in [1.82, 2.24) is 0 Å². The van der Waals surface area contributed by atoms with E-state index in [4.69, 9.17) is 0 Å². The molecule has 2 aromatic rings. The zero-order valence-corrected chi connectivity index (χ0v) is 11.7. The van der Waals surface area contributed by atoms with Gasteiger partial charge in [0.1, 0.15) is 11.6 Å². The Morgan fingerprint density at radius 1 is 0.905 bits per heavy atom. The van der Waals surface area contributed by atoms with Gasteiger partial charge < -0.3 is 0 Å². The minimum atomic E-state index is -0.291. The van der Waals surface area contributed by atoms with E-state index in [1.807, 2.05) is 6.08 Å². The molecule has 0 N–H and O–H groups in total. The Morgan fingerprint density at radius 2 is 1.38 bits per heavy atom. The van der Waals surface area contributed by atoms with E-state index in [0.717, 1.165) is 16.7 Å². The lowest BCUT2D eigenvalue weighted by Gasteiger charge is -2.06. The highest BCUT2D eigenvalue weighted by atomic mass is 19.1. The largest absolute Gasteiger partial charge is 0.288 e. The third-order valence-corrected chi connectivity index (χ3v) is 3.07. The number of rotatable bonds is 4. The summed E-state index contributed by atoms with van der Waals surface area (Å²) in [6, 6.07) is 12.3. The molecular formula is C18H15F2N. The summed E-state index contributed by atoms with van der Waals surface area (Å²) in [5.74, 6) is -0.578. The molecule has 2 rings (SSSR count). The molecule has 0 atom stereocenters. The SMILES string of the molecule is C=C/C(=C\C(=NC)c1ccc(F)cc1)c1ccc(F)cc1. The van der Waals surface area contributed by atoms with Gasteiger partial charge in [-0.25, -0.2) is 8.78 Å². The van der Waals surface area contributed by atoms with Crippen LogP contribution >= 0.6 is 0 Å². The van der Waals surface area contributed by atoms with Gasteiger partial charge in [-0.2, -0.15) is 0 Å². The molecule has 0 unspecified atom stereocenters. The number of allylic oxidation sites excluding steroid dienone is 3. The number of halogens is 2. The summed E-state index contributed by atoms with van der Waals surface area (Å²) in [6.45, 7) is 3.78. The molecule has 2 aromatic carbocycles. The highest BCUT2D eigenvalue weighted by Gasteiger charge is 2.04. The Hall–Kier alpha value is -2.55. The molecule has 21 heavy (non-hydrogen) atoms. The predicted octanol–water partition coefficient (Wildman–Crippen LogP) is 4.65. The average molecular weight is 283 g/mol. The lowest BCUT2D eigenvalue weighted by Crippen LogP contribution is -1.98. The fourth-order valence-corrected chi connectivity index (χ4v) is 1.95. The third-order valence-electron chi connectivity index (χ3n) is 3.07. The number of hydrogen-bond acceptors (Lipinski definition) is 1. The maximum Gasteiger partial charge on any atom is 0.123 e. The van der Waals surface area contributed by atoms with E-state index in [1.54, 1.807) is 37.4 Å². The van der Waals surface area contributed by atoms with Crippen molar-refractivity contribution in [3.8, 4) is 0 Å². The minimum Gasteiger partial charge on any atom is -0.288 e. The molecule has 0 heterocycles. The van der Waals surface area contributed by atoms with Gasteiger partial charge in [0.05, 0.1) is 5.71 Å². The van der Waals surface area contributed by atoms with Crippen molar-refractivity contribution in [2.75, 3.05) is 7.05 Å². The molecule has 0 saturated carbocycles. The summed E-state index contributed by atoms with van der Waals surface area (Å²) in [5.41, 5.74) is 3.17. The van der Waals surface area contributed by atoms with E-state index in [9.17, 15) is 8.78 Å². The maximum absolute atomic E-state index is 13.0. The van der Waals surface area contributed by atoms with Crippen LogP contribution < -0.4 is 0 Å². The van der Waals surface area contributed by atoms with Gasteiger partial charge in [0, 0.05) is 7.05 Å². The number of hydrogen-bond donors (Lipinski definition) is 0. The van der Waals surface area contributed by atoms with Crippen LogP contribution in [0.25, 0.3) is 5.57 Å². The van der Waals surface area contributed by atoms with Crippen LogP contribution in [0.4, 0.5) is 8.78 Å². The molecule has 1 nitrogen and oxygen atoms in total. The van der Waals surface area contributed by atoms with Crippen LogP contribution in [0.2, 0.25) is 0 Å². The zero-order chi connectivity index (χ0) is 15.2. The number of benzene rings is 2.